The smallest absolute Gasteiger partial charge is 0.308 e. The first-order valence-electron chi connectivity index (χ1n) is 22.6. The fraction of sp³-hybridized carbons (Fsp3) is 0.480. The molecule has 0 saturated carbocycles. The van der Waals surface area contributed by atoms with Gasteiger partial charge in [-0.1, -0.05) is 94.8 Å². The average Bonchev–Trinajstić information content (AvgIpc) is 3.31. The van der Waals surface area contributed by atoms with Gasteiger partial charge in [-0.2, -0.15) is 8.61 Å². The second-order valence-electron chi connectivity index (χ2n) is 17.5. The quantitative estimate of drug-likeness (QED) is 0.150. The molecule has 4 saturated heterocycles. The second-order valence-corrected chi connectivity index (χ2v) is 22.6. The zero-order valence-corrected chi connectivity index (χ0v) is 41.3. The van der Waals surface area contributed by atoms with Crippen LogP contribution in [0.15, 0.2) is 102 Å². The van der Waals surface area contributed by atoms with Gasteiger partial charge in [0.2, 0.25) is 20.0 Å². The summed E-state index contributed by atoms with van der Waals surface area (Å²) >= 11 is 3.22. The van der Waals surface area contributed by atoms with Gasteiger partial charge < -0.3 is 14.2 Å². The van der Waals surface area contributed by atoms with E-state index in [2.05, 4.69) is 20.7 Å². The van der Waals surface area contributed by atoms with E-state index in [1.54, 1.807) is 31.2 Å². The Morgan fingerprint density at radius 3 is 1.56 bits per heavy atom. The number of rotatable bonds is 9. The van der Waals surface area contributed by atoms with Crippen molar-refractivity contribution in [2.24, 2.45) is 5.92 Å². The van der Waals surface area contributed by atoms with Crippen molar-refractivity contribution >= 4 is 47.7 Å². The van der Waals surface area contributed by atoms with Crippen LogP contribution in [0.4, 0.5) is 8.78 Å². The van der Waals surface area contributed by atoms with Crippen molar-refractivity contribution in [3.05, 3.63) is 141 Å². The first kappa shape index (κ1) is 51.5. The summed E-state index contributed by atoms with van der Waals surface area (Å²) in [7, 11) is -5.75. The molecule has 4 aliphatic heterocycles. The van der Waals surface area contributed by atoms with E-state index in [-0.39, 0.29) is 42.8 Å². The summed E-state index contributed by atoms with van der Waals surface area (Å²) in [5, 5.41) is -1.18. The molecule has 0 amide bonds. The molecule has 8 rings (SSSR count). The van der Waals surface area contributed by atoms with Crippen LogP contribution in [0, 0.1) is 17.6 Å². The molecule has 16 heteroatoms. The molecule has 4 fully saturated rings. The van der Waals surface area contributed by atoms with Crippen LogP contribution in [0.1, 0.15) is 110 Å². The first-order chi connectivity index (χ1) is 31.5. The Morgan fingerprint density at radius 2 is 1.12 bits per heavy atom. The maximum Gasteiger partial charge on any atom is 0.308 e. The standard InChI is InChI=1S/C25H30FNO4S.C18H19BrFNO2S.C7H12O3/c1-18-8-11-24(20-6-4-3-5-7-20)32(29,30)27(18)17-21-9-10-22(16-23(21)26)25(19(2)28)12-14-31-15-13-25;1-13-7-10-18(14-5-3-2-4-6-14)24(22,23)21(13)12-15-8-9-16(19)11-17(15)20;1-9-7(8)6-2-4-10-5-3-6/h3-7,9-10,16,18,24H,8,11-15,17H2,1-2H3;2-6,8-9,11,13,18H,7,10,12H2,1H3;6H,2-5H2,1H3/t18-,24+;13-,18+;/m00./s1. The molecule has 358 valence electrons. The molecule has 4 atom stereocenters. The fourth-order valence-corrected chi connectivity index (χ4v) is 14.0. The molecule has 4 aromatic carbocycles. The number of hydrogen-bond donors (Lipinski definition) is 0. The molecule has 0 N–H and O–H groups in total. The van der Waals surface area contributed by atoms with Gasteiger partial charge in [-0.25, -0.2) is 25.6 Å². The largest absolute Gasteiger partial charge is 0.469 e. The third-order valence-electron chi connectivity index (χ3n) is 13.4. The average molecular weight is 1020 g/mol. The molecule has 4 aliphatic rings. The fourth-order valence-electron chi connectivity index (χ4n) is 9.33. The lowest BCUT2D eigenvalue weighted by molar-refractivity contribution is -0.148. The van der Waals surface area contributed by atoms with Crippen molar-refractivity contribution in [1.82, 2.24) is 8.61 Å². The Kier molecular flexibility index (Phi) is 17.9. The molecule has 0 spiro atoms. The van der Waals surface area contributed by atoms with Gasteiger partial charge in [-0.3, -0.25) is 9.59 Å². The lowest BCUT2D eigenvalue weighted by Gasteiger charge is -2.38. The molecular formula is C50H61BrF2N2O9S2. The molecule has 0 unspecified atom stereocenters. The summed E-state index contributed by atoms with van der Waals surface area (Å²) in [4.78, 5) is 23.4. The summed E-state index contributed by atoms with van der Waals surface area (Å²) in [6.45, 7) is 7.66. The van der Waals surface area contributed by atoms with Crippen LogP contribution < -0.4 is 0 Å². The Labute approximate surface area is 397 Å². The van der Waals surface area contributed by atoms with Crippen molar-refractivity contribution in [2.45, 2.75) is 113 Å². The minimum Gasteiger partial charge on any atom is -0.469 e. The molecule has 0 radical (unpaired) electrons. The van der Waals surface area contributed by atoms with Crippen molar-refractivity contribution < 1.29 is 49.4 Å². The first-order valence-corrected chi connectivity index (χ1v) is 26.4. The number of nitrogens with zero attached hydrogens (tertiary/aromatic N) is 2. The highest BCUT2D eigenvalue weighted by Gasteiger charge is 2.43. The summed E-state index contributed by atoms with van der Waals surface area (Å²) < 4.78 is 101. The predicted octanol–water partition coefficient (Wildman–Crippen LogP) is 9.75. The van der Waals surface area contributed by atoms with Gasteiger partial charge in [0, 0.05) is 67.2 Å². The molecule has 0 aliphatic carbocycles. The normalized spacial score (nSPS) is 24.1. The maximum atomic E-state index is 15.2. The van der Waals surface area contributed by atoms with E-state index in [4.69, 9.17) is 9.47 Å². The number of methoxy groups -OCH3 is 1. The zero-order valence-electron chi connectivity index (χ0n) is 38.0. The van der Waals surface area contributed by atoms with Gasteiger partial charge in [-0.05, 0) is 107 Å². The van der Waals surface area contributed by atoms with Crippen LogP contribution in [-0.2, 0) is 62.4 Å². The number of halogens is 3. The van der Waals surface area contributed by atoms with Crippen molar-refractivity contribution in [3.63, 3.8) is 0 Å². The van der Waals surface area contributed by atoms with Crippen molar-refractivity contribution in [3.8, 4) is 0 Å². The molecule has 0 bridgehead atoms. The van der Waals surface area contributed by atoms with E-state index in [0.717, 1.165) is 30.4 Å². The number of esters is 1. The lowest BCUT2D eigenvalue weighted by atomic mass is 9.71. The van der Waals surface area contributed by atoms with E-state index in [1.807, 2.05) is 74.5 Å². The Morgan fingerprint density at radius 1 is 0.667 bits per heavy atom. The van der Waals surface area contributed by atoms with Gasteiger partial charge in [0.25, 0.3) is 0 Å². The molecule has 4 heterocycles. The monoisotopic (exact) mass is 1010 g/mol. The van der Waals surface area contributed by atoms with Gasteiger partial charge in [0.1, 0.15) is 27.9 Å². The topological polar surface area (TPSA) is 137 Å². The number of ketones is 1. The number of carbonyl (C=O) groups is 2. The number of carbonyl (C=O) groups excluding carboxylic acids is 2. The molecule has 66 heavy (non-hydrogen) atoms. The van der Waals surface area contributed by atoms with E-state index in [1.165, 1.54) is 27.9 Å². The maximum absolute atomic E-state index is 15.2. The molecular weight excluding hydrogens is 955 g/mol. The van der Waals surface area contributed by atoms with Crippen molar-refractivity contribution in [2.75, 3.05) is 33.5 Å². The highest BCUT2D eigenvalue weighted by atomic mass is 79.9. The number of ether oxygens (including phenoxy) is 3. The van der Waals surface area contributed by atoms with E-state index < -0.39 is 47.6 Å². The van der Waals surface area contributed by atoms with Crippen LogP contribution >= 0.6 is 15.9 Å². The van der Waals surface area contributed by atoms with Crippen LogP contribution in [0.3, 0.4) is 0 Å². The zero-order chi connectivity index (χ0) is 47.6. The van der Waals surface area contributed by atoms with E-state index in [0.29, 0.717) is 79.7 Å². The molecule has 11 nitrogen and oxygen atoms in total. The van der Waals surface area contributed by atoms with Gasteiger partial charge in [0.05, 0.1) is 18.4 Å². The Balaban J connectivity index is 0.000000185. The summed E-state index contributed by atoms with van der Waals surface area (Å²) in [6.07, 6.45) is 5.29. The number of Topliss-reactive ketones (excluding diaryl/α,β-unsaturated/α-hetero) is 1. The number of benzene rings is 4. The van der Waals surface area contributed by atoms with Crippen LogP contribution in [0.5, 0.6) is 0 Å². The van der Waals surface area contributed by atoms with Gasteiger partial charge >= 0.3 is 5.97 Å². The molecule has 0 aromatic heterocycles. The third kappa shape index (κ3) is 12.0. The van der Waals surface area contributed by atoms with Crippen LogP contribution in [0.25, 0.3) is 0 Å². The Hall–Kier alpha value is -3.90. The number of sulfonamides is 2. The van der Waals surface area contributed by atoms with Crippen LogP contribution in [0.2, 0.25) is 0 Å². The lowest BCUT2D eigenvalue weighted by Crippen LogP contribution is -2.45. The summed E-state index contributed by atoms with van der Waals surface area (Å²) in [6, 6.07) is 27.7. The highest BCUT2D eigenvalue weighted by Crippen LogP contribution is 2.41. The van der Waals surface area contributed by atoms with Crippen LogP contribution in [-0.4, -0.2) is 82.8 Å². The highest BCUT2D eigenvalue weighted by molar-refractivity contribution is 9.10. The number of hydrogen-bond acceptors (Lipinski definition) is 9. The minimum absolute atomic E-state index is 0.00545. The van der Waals surface area contributed by atoms with E-state index >= 15 is 4.39 Å². The third-order valence-corrected chi connectivity index (χ3v) is 18.7. The summed E-state index contributed by atoms with van der Waals surface area (Å²) in [5.41, 5.74) is 2.19. The Bertz CT molecular complexity index is 2490. The minimum atomic E-state index is -3.64. The van der Waals surface area contributed by atoms with Crippen molar-refractivity contribution in [1.29, 1.82) is 0 Å². The SMILES string of the molecule is CC(=O)C1(c2ccc(CN3[C@@H](C)CC[C@H](c4ccccc4)S3(=O)=O)c(F)c2)CCOCC1.COC(=O)C1CCOCC1.C[C@H]1CC[C@H](c2ccccc2)S(=O)(=O)N1Cc1ccc(Br)cc1F. The predicted molar refractivity (Wildman–Crippen MR) is 253 cm³/mol. The summed E-state index contributed by atoms with van der Waals surface area (Å²) in [5.74, 6) is -0.875. The molecule has 4 aromatic rings. The van der Waals surface area contributed by atoms with E-state index in [9.17, 15) is 30.8 Å². The second kappa shape index (κ2) is 22.9. The van der Waals surface area contributed by atoms with Gasteiger partial charge in [-0.15, -0.1) is 0 Å². The van der Waals surface area contributed by atoms with Gasteiger partial charge in [0.15, 0.2) is 0 Å².